The Labute approximate surface area is 149 Å². The van der Waals surface area contributed by atoms with Gasteiger partial charge in [-0.1, -0.05) is 12.1 Å². The average Bonchev–Trinajstić information content (AvgIpc) is 3.13. The largest absolute Gasteiger partial charge is 0.480 e. The minimum atomic E-state index is -3.85. The van der Waals surface area contributed by atoms with Gasteiger partial charge in [0.25, 0.3) is 0 Å². The number of rotatable bonds is 3. The highest BCUT2D eigenvalue weighted by Crippen LogP contribution is 2.39. The highest BCUT2D eigenvalue weighted by molar-refractivity contribution is 6.21. The lowest BCUT2D eigenvalue weighted by Crippen LogP contribution is -2.37. The summed E-state index contributed by atoms with van der Waals surface area (Å²) in [6.07, 6.45) is -1.00. The number of carboxylic acid groups (broad SMARTS) is 1. The molecule has 7 nitrogen and oxygen atoms in total. The van der Waals surface area contributed by atoms with Gasteiger partial charge < -0.3 is 19.5 Å². The summed E-state index contributed by atoms with van der Waals surface area (Å²) in [5.74, 6) is -2.30. The normalized spacial score (nSPS) is 21.0. The Morgan fingerprint density at radius 2 is 2.08 bits per heavy atom. The van der Waals surface area contributed by atoms with Crippen molar-refractivity contribution in [2.75, 3.05) is 11.4 Å². The zero-order valence-electron chi connectivity index (χ0n) is 13.1. The van der Waals surface area contributed by atoms with Crippen molar-refractivity contribution in [1.29, 1.82) is 0 Å². The lowest BCUT2D eigenvalue weighted by Gasteiger charge is -2.22. The highest BCUT2D eigenvalue weighted by Gasteiger charge is 2.41. The lowest BCUT2D eigenvalue weighted by atomic mass is 10.2. The Hall–Kier alpha value is -2.52. The Bertz CT molecular complexity index is 1020. The maximum atomic E-state index is 13.7. The molecule has 1 aliphatic rings. The zero-order valence-corrected chi connectivity index (χ0v) is 13.8. The van der Waals surface area contributed by atoms with Crippen LogP contribution in [0.25, 0.3) is 22.1 Å². The van der Waals surface area contributed by atoms with E-state index in [2.05, 4.69) is 9.97 Å². The third-order valence-corrected chi connectivity index (χ3v) is 4.46. The number of β-amino-alcohol motifs (C(OH)–C–C–N with tert-alkyl or cyclic N) is 1. The summed E-state index contributed by atoms with van der Waals surface area (Å²) >= 11 is 5.11. The van der Waals surface area contributed by atoms with E-state index in [1.54, 1.807) is 24.3 Å². The highest BCUT2D eigenvalue weighted by atomic mass is 35.5. The fourth-order valence-electron chi connectivity index (χ4n) is 3.18. The summed E-state index contributed by atoms with van der Waals surface area (Å²) in [5.41, 5.74) is 0.558. The van der Waals surface area contributed by atoms with Crippen LogP contribution in [0.3, 0.4) is 0 Å². The fourth-order valence-corrected chi connectivity index (χ4v) is 3.26. The number of para-hydroxylation sites is 1. The van der Waals surface area contributed by atoms with E-state index in [0.717, 1.165) is 0 Å². The van der Waals surface area contributed by atoms with Crippen molar-refractivity contribution in [2.45, 2.75) is 23.9 Å². The Balaban J connectivity index is 2.02. The van der Waals surface area contributed by atoms with E-state index in [0.29, 0.717) is 11.0 Å². The predicted octanol–water partition coefficient (Wildman–Crippen LogP) is 2.69. The van der Waals surface area contributed by atoms with Gasteiger partial charge in [0, 0.05) is 18.4 Å². The molecule has 1 aliphatic heterocycles. The lowest BCUT2D eigenvalue weighted by molar-refractivity contribution is -0.138. The molecule has 0 saturated carbocycles. The molecule has 1 aromatic carbocycles. The van der Waals surface area contributed by atoms with Gasteiger partial charge in [-0.05, 0) is 23.7 Å². The first kappa shape index (κ1) is 16.9. The third-order valence-electron chi connectivity index (χ3n) is 4.29. The van der Waals surface area contributed by atoms with Crippen LogP contribution in [0.2, 0.25) is 0 Å². The van der Waals surface area contributed by atoms with Crippen molar-refractivity contribution < 1.29 is 28.2 Å². The molecule has 4 rings (SSSR count). The molecule has 0 bridgehead atoms. The minimum absolute atomic E-state index is 0.0618. The van der Waals surface area contributed by atoms with Crippen molar-refractivity contribution in [2.24, 2.45) is 0 Å². The molecule has 0 radical (unpaired) electrons. The van der Waals surface area contributed by atoms with E-state index in [-0.39, 0.29) is 29.9 Å². The van der Waals surface area contributed by atoms with Gasteiger partial charge in [0.05, 0.1) is 6.10 Å². The Morgan fingerprint density at radius 3 is 2.77 bits per heavy atom. The second-order valence-corrected chi connectivity index (χ2v) is 6.52. The molecule has 2 N–H and O–H groups in total. The number of hydrogen-bond acceptors (Lipinski definition) is 6. The first-order valence-electron chi connectivity index (χ1n) is 7.69. The number of aliphatic hydroxyl groups excluding tert-OH is 1. The number of nitrogens with zero attached hydrogens (tertiary/aromatic N) is 3. The topological polar surface area (TPSA) is 99.7 Å². The second kappa shape index (κ2) is 5.75. The molecule has 136 valence electrons. The second-order valence-electron chi connectivity index (χ2n) is 6.04. The number of carbonyl (C=O) groups is 1. The summed E-state index contributed by atoms with van der Waals surface area (Å²) in [6.45, 7) is -0.0899. The maximum Gasteiger partial charge on any atom is 0.381 e. The number of hydrogen-bond donors (Lipinski definition) is 2. The summed E-state index contributed by atoms with van der Waals surface area (Å²) < 4.78 is 33.1. The molecule has 10 heteroatoms. The van der Waals surface area contributed by atoms with Crippen LogP contribution < -0.4 is 4.90 Å². The molecule has 3 heterocycles. The molecule has 0 spiro atoms. The van der Waals surface area contributed by atoms with Crippen LogP contribution in [-0.2, 0) is 10.2 Å². The zero-order chi connectivity index (χ0) is 18.6. The van der Waals surface area contributed by atoms with Crippen LogP contribution in [0.5, 0.6) is 0 Å². The number of fused-ring (bicyclic) bond motifs is 3. The number of benzene rings is 1. The number of carboxylic acids is 1. The molecule has 0 unspecified atom stereocenters. The van der Waals surface area contributed by atoms with E-state index in [9.17, 15) is 23.8 Å². The molecule has 1 fully saturated rings. The first-order valence-corrected chi connectivity index (χ1v) is 8.07. The van der Waals surface area contributed by atoms with E-state index in [4.69, 9.17) is 16.0 Å². The van der Waals surface area contributed by atoms with Crippen LogP contribution in [0.15, 0.2) is 28.7 Å². The van der Waals surface area contributed by atoms with Crippen molar-refractivity contribution >= 4 is 45.5 Å². The van der Waals surface area contributed by atoms with Gasteiger partial charge in [0.15, 0.2) is 11.4 Å². The van der Waals surface area contributed by atoms with Crippen LogP contribution in [0, 0.1) is 0 Å². The SMILES string of the molecule is O=C(O)[C@@H]1C[C@H](O)CN1c1nc(C(F)(F)Cl)nc2c1oc1ccccc12. The molecule has 0 aliphatic carbocycles. The monoisotopic (exact) mass is 383 g/mol. The van der Waals surface area contributed by atoms with E-state index in [1.165, 1.54) is 4.90 Å². The van der Waals surface area contributed by atoms with Gasteiger partial charge in [-0.2, -0.15) is 8.78 Å². The van der Waals surface area contributed by atoms with Gasteiger partial charge in [-0.15, -0.1) is 0 Å². The smallest absolute Gasteiger partial charge is 0.381 e. The van der Waals surface area contributed by atoms with E-state index in [1.807, 2.05) is 0 Å². The van der Waals surface area contributed by atoms with E-state index >= 15 is 0 Å². The average molecular weight is 384 g/mol. The number of halogens is 3. The standard InChI is InChI=1S/C16H12ClF2N3O4/c17-16(18,19)15-20-11-8-3-1-2-4-10(8)26-12(11)13(21-15)22-6-7(23)5-9(22)14(24)25/h1-4,7,9,23H,5-6H2,(H,24,25)/t7-,9-/m0/s1. The molecule has 26 heavy (non-hydrogen) atoms. The van der Waals surface area contributed by atoms with Crippen LogP contribution >= 0.6 is 11.6 Å². The summed E-state index contributed by atoms with van der Waals surface area (Å²) in [4.78, 5) is 20.4. The van der Waals surface area contributed by atoms with Crippen molar-refractivity contribution in [3.05, 3.63) is 30.1 Å². The predicted molar refractivity (Wildman–Crippen MR) is 88.5 cm³/mol. The van der Waals surface area contributed by atoms with Gasteiger partial charge in [-0.25, -0.2) is 14.8 Å². The quantitative estimate of drug-likeness (QED) is 0.671. The number of alkyl halides is 3. The third kappa shape index (κ3) is 2.63. The van der Waals surface area contributed by atoms with E-state index < -0.39 is 29.3 Å². The molecular weight excluding hydrogens is 372 g/mol. The molecule has 0 amide bonds. The van der Waals surface area contributed by atoms with Gasteiger partial charge in [0.1, 0.15) is 17.1 Å². The van der Waals surface area contributed by atoms with Crippen LogP contribution in [-0.4, -0.2) is 44.8 Å². The molecule has 3 aromatic rings. The van der Waals surface area contributed by atoms with Crippen LogP contribution in [0.1, 0.15) is 12.2 Å². The van der Waals surface area contributed by atoms with Gasteiger partial charge in [0.2, 0.25) is 5.82 Å². The fraction of sp³-hybridized carbons (Fsp3) is 0.312. The van der Waals surface area contributed by atoms with Crippen LogP contribution in [0.4, 0.5) is 14.6 Å². The number of furan rings is 1. The number of aliphatic carboxylic acids is 1. The number of anilines is 1. The summed E-state index contributed by atoms with van der Waals surface area (Å²) in [5, 5.41) is 15.9. The van der Waals surface area contributed by atoms with Gasteiger partial charge in [-0.3, -0.25) is 0 Å². The minimum Gasteiger partial charge on any atom is -0.480 e. The number of aromatic nitrogens is 2. The Morgan fingerprint density at radius 1 is 1.35 bits per heavy atom. The van der Waals surface area contributed by atoms with Crippen molar-refractivity contribution in [1.82, 2.24) is 9.97 Å². The molecule has 1 saturated heterocycles. The van der Waals surface area contributed by atoms with Gasteiger partial charge >= 0.3 is 11.4 Å². The summed E-state index contributed by atoms with van der Waals surface area (Å²) in [6, 6.07) is 5.54. The molecule has 2 atom stereocenters. The summed E-state index contributed by atoms with van der Waals surface area (Å²) in [7, 11) is 0. The molecular formula is C16H12ClF2N3O4. The number of aliphatic hydroxyl groups is 1. The Kier molecular flexibility index (Phi) is 3.74. The maximum absolute atomic E-state index is 13.7. The molecule has 2 aromatic heterocycles. The van der Waals surface area contributed by atoms with Crippen molar-refractivity contribution in [3.63, 3.8) is 0 Å². The van der Waals surface area contributed by atoms with Crippen molar-refractivity contribution in [3.8, 4) is 0 Å². The first-order chi connectivity index (χ1) is 12.3.